The molecule has 8 nitrogen and oxygen atoms in total. The fraction of sp³-hybridized carbons (Fsp3) is 0.250. The van der Waals surface area contributed by atoms with Crippen LogP contribution in [0.4, 0.5) is 0 Å². The Kier molecular flexibility index (Phi) is 6.37. The van der Waals surface area contributed by atoms with Crippen molar-refractivity contribution in [3.8, 4) is 5.75 Å². The van der Waals surface area contributed by atoms with Crippen LogP contribution in [-0.2, 0) is 25.9 Å². The molecule has 0 saturated heterocycles. The summed E-state index contributed by atoms with van der Waals surface area (Å²) in [4.78, 5) is 29.2. The minimum atomic E-state index is -3.45. The van der Waals surface area contributed by atoms with Crippen molar-refractivity contribution in [3.05, 3.63) is 52.8 Å². The zero-order valence-corrected chi connectivity index (χ0v) is 18.2. The van der Waals surface area contributed by atoms with Gasteiger partial charge in [-0.2, -0.15) is 4.99 Å². The van der Waals surface area contributed by atoms with Crippen LogP contribution in [0.25, 0.3) is 10.2 Å². The second-order valence-electron chi connectivity index (χ2n) is 6.23. The topological polar surface area (TPSA) is 104 Å². The van der Waals surface area contributed by atoms with Crippen LogP contribution in [0.15, 0.2) is 52.4 Å². The summed E-state index contributed by atoms with van der Waals surface area (Å²) in [6, 6.07) is 11.1. The molecule has 1 amide bonds. The van der Waals surface area contributed by atoms with Gasteiger partial charge in [-0.15, -0.1) is 0 Å². The van der Waals surface area contributed by atoms with Crippen molar-refractivity contribution < 1.29 is 27.5 Å². The minimum Gasteiger partial charge on any atom is -0.497 e. The number of ether oxygens (including phenoxy) is 2. The van der Waals surface area contributed by atoms with Crippen molar-refractivity contribution in [2.24, 2.45) is 4.99 Å². The van der Waals surface area contributed by atoms with Crippen molar-refractivity contribution in [2.45, 2.75) is 18.4 Å². The molecule has 0 bridgehead atoms. The number of esters is 1. The van der Waals surface area contributed by atoms with Gasteiger partial charge in [-0.05, 0) is 36.4 Å². The average Bonchev–Trinajstić information content (AvgIpc) is 3.09. The van der Waals surface area contributed by atoms with Gasteiger partial charge in [-0.25, -0.2) is 8.42 Å². The lowest BCUT2D eigenvalue weighted by Crippen LogP contribution is -2.22. The maximum atomic E-state index is 12.8. The molecule has 3 aromatic rings. The van der Waals surface area contributed by atoms with Gasteiger partial charge in [0.05, 0.1) is 35.1 Å². The molecule has 30 heavy (non-hydrogen) atoms. The Labute approximate surface area is 177 Å². The van der Waals surface area contributed by atoms with Gasteiger partial charge in [0.15, 0.2) is 14.6 Å². The molecule has 0 spiro atoms. The largest absolute Gasteiger partial charge is 0.497 e. The summed E-state index contributed by atoms with van der Waals surface area (Å²) >= 11 is 1.21. The Morgan fingerprint density at radius 3 is 2.57 bits per heavy atom. The number of hydrogen-bond acceptors (Lipinski definition) is 7. The quantitative estimate of drug-likeness (QED) is 0.537. The van der Waals surface area contributed by atoms with Crippen LogP contribution < -0.4 is 9.54 Å². The number of amides is 1. The number of sulfone groups is 1. The van der Waals surface area contributed by atoms with Crippen LogP contribution in [0.2, 0.25) is 0 Å². The molecule has 0 aliphatic carbocycles. The number of methoxy groups -OCH3 is 2. The maximum absolute atomic E-state index is 12.8. The van der Waals surface area contributed by atoms with Crippen molar-refractivity contribution in [1.82, 2.24) is 4.57 Å². The number of hydrogen-bond donors (Lipinski definition) is 0. The average molecular weight is 449 g/mol. The lowest BCUT2D eigenvalue weighted by Gasteiger charge is -2.05. The standard InChI is InChI=1S/C20H20N2O6S2/c1-4-30(25,26)15-7-5-6-13(10-15)19(24)21-20-22(12-18(23)28-3)16-9-8-14(27-2)11-17(16)29-20/h5-11H,4,12H2,1-3H3. The number of carbonyl (C=O) groups excluding carboxylic acids is 2. The van der Waals surface area contributed by atoms with Crippen molar-refractivity contribution in [2.75, 3.05) is 20.0 Å². The molecule has 0 aliphatic rings. The molecule has 0 atom stereocenters. The third-order valence-corrected chi connectivity index (χ3v) is 7.20. The molecular formula is C20H20N2O6S2. The number of carbonyl (C=O) groups is 2. The Hall–Kier alpha value is -2.98. The SMILES string of the molecule is CCS(=O)(=O)c1cccc(C(=O)N=c2sc3cc(OC)ccc3n2CC(=O)OC)c1. The Balaban J connectivity index is 2.13. The smallest absolute Gasteiger partial charge is 0.325 e. The second-order valence-corrected chi connectivity index (χ2v) is 9.52. The first-order chi connectivity index (χ1) is 14.3. The van der Waals surface area contributed by atoms with Gasteiger partial charge in [0.2, 0.25) is 0 Å². The van der Waals surface area contributed by atoms with Crippen LogP contribution >= 0.6 is 11.3 Å². The highest BCUT2D eigenvalue weighted by Gasteiger charge is 2.16. The van der Waals surface area contributed by atoms with E-state index in [4.69, 9.17) is 9.47 Å². The number of rotatable bonds is 6. The van der Waals surface area contributed by atoms with Crippen LogP contribution in [-0.4, -0.2) is 44.8 Å². The number of aromatic nitrogens is 1. The normalized spacial score (nSPS) is 12.2. The van der Waals surface area contributed by atoms with Gasteiger partial charge in [0, 0.05) is 5.56 Å². The first-order valence-corrected chi connectivity index (χ1v) is 11.4. The highest BCUT2D eigenvalue weighted by Crippen LogP contribution is 2.23. The summed E-state index contributed by atoms with van der Waals surface area (Å²) in [6.07, 6.45) is 0. The van der Waals surface area contributed by atoms with Gasteiger partial charge in [0.25, 0.3) is 5.91 Å². The zero-order valence-electron chi connectivity index (χ0n) is 16.6. The number of nitrogens with zero attached hydrogens (tertiary/aromatic N) is 2. The van der Waals surface area contributed by atoms with Crippen molar-refractivity contribution in [1.29, 1.82) is 0 Å². The molecule has 0 fully saturated rings. The third-order valence-electron chi connectivity index (χ3n) is 4.42. The van der Waals surface area contributed by atoms with E-state index in [1.807, 2.05) is 0 Å². The van der Waals surface area contributed by atoms with Gasteiger partial charge in [-0.3, -0.25) is 9.59 Å². The fourth-order valence-electron chi connectivity index (χ4n) is 2.75. The van der Waals surface area contributed by atoms with E-state index in [2.05, 4.69) is 4.99 Å². The summed E-state index contributed by atoms with van der Waals surface area (Å²) in [5.74, 6) is -0.543. The van der Waals surface area contributed by atoms with E-state index >= 15 is 0 Å². The van der Waals surface area contributed by atoms with E-state index in [1.165, 1.54) is 49.6 Å². The van der Waals surface area contributed by atoms with E-state index in [-0.39, 0.29) is 27.6 Å². The lowest BCUT2D eigenvalue weighted by molar-refractivity contribution is -0.141. The van der Waals surface area contributed by atoms with E-state index in [9.17, 15) is 18.0 Å². The number of thiazole rings is 1. The molecule has 10 heteroatoms. The summed E-state index contributed by atoms with van der Waals surface area (Å²) in [5.41, 5.74) is 0.837. The van der Waals surface area contributed by atoms with Crippen LogP contribution in [0.5, 0.6) is 5.75 Å². The molecule has 0 aliphatic heterocycles. The molecule has 0 unspecified atom stereocenters. The third kappa shape index (κ3) is 4.44. The highest BCUT2D eigenvalue weighted by atomic mass is 32.2. The van der Waals surface area contributed by atoms with Crippen LogP contribution in [0.3, 0.4) is 0 Å². The molecule has 1 aromatic heterocycles. The first kappa shape index (κ1) is 21.7. The summed E-state index contributed by atoms with van der Waals surface area (Å²) in [6.45, 7) is 1.41. The summed E-state index contributed by atoms with van der Waals surface area (Å²) in [5, 5.41) is 0. The minimum absolute atomic E-state index is 0.0644. The molecule has 0 saturated carbocycles. The molecule has 1 heterocycles. The Morgan fingerprint density at radius 2 is 1.90 bits per heavy atom. The lowest BCUT2D eigenvalue weighted by atomic mass is 10.2. The Morgan fingerprint density at radius 1 is 1.13 bits per heavy atom. The van der Waals surface area contributed by atoms with Crippen LogP contribution in [0, 0.1) is 0 Å². The first-order valence-electron chi connectivity index (χ1n) is 8.95. The van der Waals surface area contributed by atoms with Gasteiger partial charge < -0.3 is 14.0 Å². The van der Waals surface area contributed by atoms with Crippen LogP contribution in [0.1, 0.15) is 17.3 Å². The number of fused-ring (bicyclic) bond motifs is 1. The zero-order chi connectivity index (χ0) is 21.9. The Bertz CT molecular complexity index is 1290. The van der Waals surface area contributed by atoms with Crippen molar-refractivity contribution >= 4 is 43.3 Å². The second kappa shape index (κ2) is 8.80. The van der Waals surface area contributed by atoms with E-state index in [1.54, 1.807) is 29.9 Å². The molecule has 0 N–H and O–H groups in total. The van der Waals surface area contributed by atoms with Crippen molar-refractivity contribution in [3.63, 3.8) is 0 Å². The van der Waals surface area contributed by atoms with E-state index in [0.29, 0.717) is 11.3 Å². The van der Waals surface area contributed by atoms with Gasteiger partial charge >= 0.3 is 5.97 Å². The highest BCUT2D eigenvalue weighted by molar-refractivity contribution is 7.91. The number of benzene rings is 2. The van der Waals surface area contributed by atoms with Gasteiger partial charge in [0.1, 0.15) is 12.3 Å². The molecular weight excluding hydrogens is 428 g/mol. The van der Waals surface area contributed by atoms with Gasteiger partial charge in [-0.1, -0.05) is 24.3 Å². The molecule has 158 valence electrons. The van der Waals surface area contributed by atoms with E-state index < -0.39 is 21.7 Å². The van der Waals surface area contributed by atoms with E-state index in [0.717, 1.165) is 4.70 Å². The molecule has 3 rings (SSSR count). The summed E-state index contributed by atoms with van der Waals surface area (Å²) < 4.78 is 36.6. The molecule has 2 aromatic carbocycles. The fourth-order valence-corrected chi connectivity index (χ4v) is 4.73. The molecule has 0 radical (unpaired) electrons. The predicted molar refractivity (Wildman–Crippen MR) is 112 cm³/mol. The maximum Gasteiger partial charge on any atom is 0.325 e. The predicted octanol–water partition coefficient (Wildman–Crippen LogP) is 2.42. The monoisotopic (exact) mass is 448 g/mol. The summed E-state index contributed by atoms with van der Waals surface area (Å²) in [7, 11) is -0.629.